The lowest BCUT2D eigenvalue weighted by Gasteiger charge is -2.07. The van der Waals surface area contributed by atoms with Crippen LogP contribution < -0.4 is 10.1 Å². The van der Waals surface area contributed by atoms with Crippen molar-refractivity contribution in [1.82, 2.24) is 15.5 Å². The molecule has 0 saturated heterocycles. The largest absolute Gasteiger partial charge is 0.483 e. The first-order valence-corrected chi connectivity index (χ1v) is 8.45. The summed E-state index contributed by atoms with van der Waals surface area (Å²) in [5.74, 6) is 0.803. The average molecular weight is 355 g/mol. The van der Waals surface area contributed by atoms with Crippen molar-refractivity contribution < 1.29 is 18.8 Å². The summed E-state index contributed by atoms with van der Waals surface area (Å²) in [5, 5.41) is 7.50. The monoisotopic (exact) mass is 355 g/mol. The van der Waals surface area contributed by atoms with Crippen molar-refractivity contribution in [3.63, 3.8) is 0 Å². The number of amides is 1. The van der Waals surface area contributed by atoms with Crippen LogP contribution in [0.1, 0.15) is 30.1 Å². The van der Waals surface area contributed by atoms with Crippen LogP contribution in [0, 0.1) is 0 Å². The molecule has 136 valence electrons. The van der Waals surface area contributed by atoms with Crippen molar-refractivity contribution in [2.24, 2.45) is 0 Å². The highest BCUT2D eigenvalue weighted by atomic mass is 16.5. The molecule has 0 saturated carbocycles. The third-order valence-electron chi connectivity index (χ3n) is 3.60. The third kappa shape index (κ3) is 4.58. The second-order valence-electron chi connectivity index (χ2n) is 5.97. The molecule has 7 nitrogen and oxygen atoms in total. The van der Waals surface area contributed by atoms with Crippen molar-refractivity contribution in [3.8, 4) is 5.75 Å². The molecule has 0 unspecified atom stereocenters. The first-order valence-electron chi connectivity index (χ1n) is 8.45. The number of aromatic nitrogens is 2. The van der Waals surface area contributed by atoms with Crippen LogP contribution in [0.25, 0.3) is 10.9 Å². The molecular weight excluding hydrogens is 334 g/mol. The fourth-order valence-electron chi connectivity index (χ4n) is 2.38. The van der Waals surface area contributed by atoms with Crippen molar-refractivity contribution in [1.29, 1.82) is 0 Å². The van der Waals surface area contributed by atoms with E-state index in [-0.39, 0.29) is 24.3 Å². The van der Waals surface area contributed by atoms with Gasteiger partial charge in [-0.15, -0.1) is 0 Å². The van der Waals surface area contributed by atoms with Gasteiger partial charge in [0.05, 0.1) is 12.7 Å². The molecule has 0 aliphatic rings. The molecule has 1 aromatic carbocycles. The number of nitrogens with zero attached hydrogens (tertiary/aromatic N) is 2. The molecule has 2 aromatic heterocycles. The molecule has 7 heteroatoms. The van der Waals surface area contributed by atoms with Crippen LogP contribution in [0.3, 0.4) is 0 Å². The molecule has 3 rings (SSSR count). The molecule has 26 heavy (non-hydrogen) atoms. The molecule has 1 N–H and O–H groups in total. The number of hydrogen-bond acceptors (Lipinski definition) is 6. The maximum atomic E-state index is 12.0. The van der Waals surface area contributed by atoms with Gasteiger partial charge in [-0.25, -0.2) is 0 Å². The summed E-state index contributed by atoms with van der Waals surface area (Å²) in [5.41, 5.74) is 0.988. The Labute approximate surface area is 151 Å². The van der Waals surface area contributed by atoms with Gasteiger partial charge in [-0.1, -0.05) is 23.4 Å². The normalized spacial score (nSPS) is 11.0. The van der Waals surface area contributed by atoms with Gasteiger partial charge in [-0.05, 0) is 26.0 Å². The highest BCUT2D eigenvalue weighted by molar-refractivity contribution is 5.92. The minimum absolute atomic E-state index is 0.131. The van der Waals surface area contributed by atoms with E-state index in [1.165, 1.54) is 0 Å². The average Bonchev–Trinajstić information content (AvgIpc) is 3.12. The summed E-state index contributed by atoms with van der Waals surface area (Å²) >= 11 is 0. The predicted molar refractivity (Wildman–Crippen MR) is 96.0 cm³/mol. The van der Waals surface area contributed by atoms with Crippen LogP contribution in [-0.4, -0.2) is 35.3 Å². The van der Waals surface area contributed by atoms with Crippen LogP contribution in [0.2, 0.25) is 0 Å². The van der Waals surface area contributed by atoms with Crippen molar-refractivity contribution in [3.05, 3.63) is 54.0 Å². The van der Waals surface area contributed by atoms with Crippen molar-refractivity contribution >= 4 is 16.8 Å². The highest BCUT2D eigenvalue weighted by Crippen LogP contribution is 2.23. The summed E-state index contributed by atoms with van der Waals surface area (Å²) in [6.07, 6.45) is 1.85. The maximum absolute atomic E-state index is 12.0. The molecular formula is C19H21N3O4. The molecule has 0 aliphatic heterocycles. The summed E-state index contributed by atoms with van der Waals surface area (Å²) in [6.45, 7) is 4.91. The number of ether oxygens (including phenoxy) is 2. The van der Waals surface area contributed by atoms with E-state index in [1.54, 1.807) is 12.3 Å². The van der Waals surface area contributed by atoms with Gasteiger partial charge < -0.3 is 19.3 Å². The van der Waals surface area contributed by atoms with E-state index >= 15 is 0 Å². The van der Waals surface area contributed by atoms with E-state index in [2.05, 4.69) is 15.5 Å². The zero-order chi connectivity index (χ0) is 18.4. The SMILES string of the molecule is CC(C)OCCNC(=O)c1cc(COc2cccc3cccnc23)on1. The van der Waals surface area contributed by atoms with Crippen molar-refractivity contribution in [2.75, 3.05) is 13.2 Å². The lowest BCUT2D eigenvalue weighted by atomic mass is 10.2. The van der Waals surface area contributed by atoms with Crippen LogP contribution >= 0.6 is 0 Å². The van der Waals surface area contributed by atoms with E-state index in [4.69, 9.17) is 14.0 Å². The zero-order valence-electron chi connectivity index (χ0n) is 14.8. The number of para-hydroxylation sites is 1. The smallest absolute Gasteiger partial charge is 0.273 e. The Bertz CT molecular complexity index is 871. The Morgan fingerprint density at radius 1 is 1.27 bits per heavy atom. The molecule has 0 atom stereocenters. The van der Waals surface area contributed by atoms with Crippen LogP contribution in [0.4, 0.5) is 0 Å². The molecule has 0 radical (unpaired) electrons. The number of pyridine rings is 1. The number of carbonyl (C=O) groups is 1. The number of carbonyl (C=O) groups excluding carboxylic acids is 1. The molecule has 0 spiro atoms. The Morgan fingerprint density at radius 2 is 2.12 bits per heavy atom. The van der Waals surface area contributed by atoms with Crippen LogP contribution in [0.15, 0.2) is 47.1 Å². The fourth-order valence-corrected chi connectivity index (χ4v) is 2.38. The van der Waals surface area contributed by atoms with Crippen LogP contribution in [0.5, 0.6) is 5.75 Å². The first kappa shape index (κ1) is 17.9. The minimum Gasteiger partial charge on any atom is -0.483 e. The van der Waals surface area contributed by atoms with E-state index in [0.717, 1.165) is 10.9 Å². The predicted octanol–water partition coefficient (Wildman–Crippen LogP) is 2.96. The number of hydrogen-bond donors (Lipinski definition) is 1. The van der Waals surface area contributed by atoms with Gasteiger partial charge in [0.25, 0.3) is 5.91 Å². The topological polar surface area (TPSA) is 86.5 Å². The van der Waals surface area contributed by atoms with Gasteiger partial charge in [0.2, 0.25) is 0 Å². The second-order valence-corrected chi connectivity index (χ2v) is 5.97. The quantitative estimate of drug-likeness (QED) is 0.625. The molecule has 1 amide bonds. The molecule has 0 fully saturated rings. The summed E-state index contributed by atoms with van der Waals surface area (Å²) in [4.78, 5) is 16.3. The van der Waals surface area contributed by atoms with Gasteiger partial charge in [0.15, 0.2) is 11.5 Å². The molecule has 2 heterocycles. The standard InChI is InChI=1S/C19H21N3O4/c1-13(2)24-10-9-21-19(23)16-11-15(26-22-16)12-25-17-7-3-5-14-6-4-8-20-18(14)17/h3-8,11,13H,9-10,12H2,1-2H3,(H,21,23). The van der Waals surface area contributed by atoms with Gasteiger partial charge in [-0.3, -0.25) is 9.78 Å². The number of rotatable bonds is 8. The first-order chi connectivity index (χ1) is 12.6. The minimum atomic E-state index is -0.306. The van der Waals surface area contributed by atoms with Crippen molar-refractivity contribution in [2.45, 2.75) is 26.6 Å². The highest BCUT2D eigenvalue weighted by Gasteiger charge is 2.13. The van der Waals surface area contributed by atoms with Gasteiger partial charge in [0.1, 0.15) is 17.9 Å². The van der Waals surface area contributed by atoms with E-state index in [1.807, 2.05) is 44.2 Å². The molecule has 0 aliphatic carbocycles. The maximum Gasteiger partial charge on any atom is 0.273 e. The Morgan fingerprint density at radius 3 is 2.96 bits per heavy atom. The lowest BCUT2D eigenvalue weighted by molar-refractivity contribution is 0.0743. The number of fused-ring (bicyclic) bond motifs is 1. The van der Waals surface area contributed by atoms with E-state index in [0.29, 0.717) is 24.7 Å². The number of nitrogens with one attached hydrogen (secondary N) is 1. The third-order valence-corrected chi connectivity index (χ3v) is 3.60. The van der Waals surface area contributed by atoms with Gasteiger partial charge >= 0.3 is 0 Å². The molecule has 0 bridgehead atoms. The summed E-state index contributed by atoms with van der Waals surface area (Å²) in [6, 6.07) is 11.1. The summed E-state index contributed by atoms with van der Waals surface area (Å²) in [7, 11) is 0. The molecule has 3 aromatic rings. The van der Waals surface area contributed by atoms with Crippen LogP contribution in [-0.2, 0) is 11.3 Å². The van der Waals surface area contributed by atoms with Gasteiger partial charge in [0, 0.05) is 24.2 Å². The lowest BCUT2D eigenvalue weighted by Crippen LogP contribution is -2.28. The van der Waals surface area contributed by atoms with Gasteiger partial charge in [-0.2, -0.15) is 0 Å². The Hall–Kier alpha value is -2.93. The van der Waals surface area contributed by atoms with E-state index in [9.17, 15) is 4.79 Å². The van der Waals surface area contributed by atoms with E-state index < -0.39 is 0 Å². The fraction of sp³-hybridized carbons (Fsp3) is 0.316. The summed E-state index contributed by atoms with van der Waals surface area (Å²) < 4.78 is 16.3. The second kappa shape index (κ2) is 8.44. The number of benzene rings is 1. The zero-order valence-corrected chi connectivity index (χ0v) is 14.8. The Balaban J connectivity index is 1.56. The Kier molecular flexibility index (Phi) is 5.80.